The summed E-state index contributed by atoms with van der Waals surface area (Å²) in [5, 5.41) is 13.4. The molecular formula is C22H18Cl2N2O2S2. The van der Waals surface area contributed by atoms with Gasteiger partial charge < -0.3 is 10.8 Å². The predicted molar refractivity (Wildman–Crippen MR) is 130 cm³/mol. The van der Waals surface area contributed by atoms with Gasteiger partial charge in [-0.05, 0) is 42.3 Å². The Morgan fingerprint density at radius 1 is 1.17 bits per heavy atom. The molecule has 0 spiro atoms. The second kappa shape index (κ2) is 9.71. The van der Waals surface area contributed by atoms with Gasteiger partial charge in [-0.2, -0.15) is 0 Å². The van der Waals surface area contributed by atoms with E-state index in [1.807, 2.05) is 30.5 Å². The zero-order valence-corrected chi connectivity index (χ0v) is 19.1. The van der Waals surface area contributed by atoms with E-state index in [1.54, 1.807) is 24.3 Å². The summed E-state index contributed by atoms with van der Waals surface area (Å²) < 4.78 is 0. The summed E-state index contributed by atoms with van der Waals surface area (Å²) in [4.78, 5) is 17.1. The second-order valence-corrected chi connectivity index (χ2v) is 8.91. The van der Waals surface area contributed by atoms with Gasteiger partial charge in [0.05, 0.1) is 21.5 Å². The molecule has 0 aliphatic rings. The van der Waals surface area contributed by atoms with Crippen LogP contribution in [0.25, 0.3) is 10.4 Å². The lowest BCUT2D eigenvalue weighted by Crippen LogP contribution is -2.11. The first-order chi connectivity index (χ1) is 14.3. The van der Waals surface area contributed by atoms with Crippen LogP contribution in [0.2, 0.25) is 10.0 Å². The lowest BCUT2D eigenvalue weighted by atomic mass is 10.1. The third kappa shape index (κ3) is 5.26. The van der Waals surface area contributed by atoms with Gasteiger partial charge in [0.25, 0.3) is 0 Å². The molecule has 3 rings (SSSR count). The topological polar surface area (TPSA) is 75.7 Å². The van der Waals surface area contributed by atoms with Crippen molar-refractivity contribution in [3.63, 3.8) is 0 Å². The molecule has 3 aromatic rings. The number of aromatic hydroxyl groups is 1. The molecule has 0 fully saturated rings. The highest BCUT2D eigenvalue weighted by molar-refractivity contribution is 7.80. The Balaban J connectivity index is 1.69. The van der Waals surface area contributed by atoms with E-state index in [2.05, 4.69) is 4.99 Å². The Labute approximate surface area is 194 Å². The van der Waals surface area contributed by atoms with Crippen LogP contribution in [0.5, 0.6) is 5.75 Å². The average Bonchev–Trinajstić information content (AvgIpc) is 3.10. The molecule has 2 aromatic carbocycles. The smallest absolute Gasteiger partial charge is 0.248 e. The molecule has 0 unspecified atom stereocenters. The Morgan fingerprint density at radius 3 is 2.50 bits per heavy atom. The number of amides is 1. The highest BCUT2D eigenvalue weighted by Gasteiger charge is 2.15. The van der Waals surface area contributed by atoms with Crippen molar-refractivity contribution in [3.8, 4) is 16.2 Å². The molecule has 0 saturated heterocycles. The average molecular weight is 477 g/mol. The summed E-state index contributed by atoms with van der Waals surface area (Å²) in [6, 6.07) is 12.3. The van der Waals surface area contributed by atoms with Crippen LogP contribution < -0.4 is 5.73 Å². The van der Waals surface area contributed by atoms with E-state index in [-0.39, 0.29) is 5.75 Å². The number of primary amides is 1. The van der Waals surface area contributed by atoms with Crippen LogP contribution in [-0.2, 0) is 6.42 Å². The van der Waals surface area contributed by atoms with Gasteiger partial charge >= 0.3 is 0 Å². The predicted octanol–water partition coefficient (Wildman–Crippen LogP) is 5.95. The van der Waals surface area contributed by atoms with Crippen LogP contribution in [0.1, 0.15) is 28.4 Å². The van der Waals surface area contributed by atoms with E-state index >= 15 is 0 Å². The summed E-state index contributed by atoms with van der Waals surface area (Å²) in [5.41, 5.74) is 8.85. The summed E-state index contributed by atoms with van der Waals surface area (Å²) in [6.45, 7) is 2.20. The number of nitrogens with two attached hydrogens (primary N) is 1. The number of nitrogens with zero attached hydrogens (tertiary/aromatic N) is 1. The number of hydrogen-bond donors (Lipinski definition) is 2. The summed E-state index contributed by atoms with van der Waals surface area (Å²) >= 11 is 18.9. The number of carbonyl (C=O) groups excluding carboxylic acids is 1. The minimum absolute atomic E-state index is 0.160. The first-order valence-corrected chi connectivity index (χ1v) is 11.0. The molecule has 3 N–H and O–H groups in total. The number of rotatable bonds is 7. The number of halogens is 2. The van der Waals surface area contributed by atoms with E-state index in [0.717, 1.165) is 16.0 Å². The molecule has 1 aromatic heterocycles. The molecule has 8 heteroatoms. The molecule has 0 aliphatic carbocycles. The normalized spacial score (nSPS) is 11.5. The fraction of sp³-hybridized carbons (Fsp3) is 0.136. The first-order valence-electron chi connectivity index (χ1n) is 8.94. The van der Waals surface area contributed by atoms with Crippen LogP contribution in [-0.4, -0.2) is 28.1 Å². The van der Waals surface area contributed by atoms with Crippen LogP contribution in [0.4, 0.5) is 0 Å². The third-order valence-electron chi connectivity index (χ3n) is 4.47. The van der Waals surface area contributed by atoms with Crippen molar-refractivity contribution in [1.29, 1.82) is 0 Å². The van der Waals surface area contributed by atoms with Crippen LogP contribution in [0, 0.1) is 0 Å². The molecule has 30 heavy (non-hydrogen) atoms. The van der Waals surface area contributed by atoms with Crippen LogP contribution in [0.3, 0.4) is 0 Å². The minimum atomic E-state index is -0.458. The lowest BCUT2D eigenvalue weighted by molar-refractivity contribution is 0.100. The van der Waals surface area contributed by atoms with Gasteiger partial charge in [-0.1, -0.05) is 53.6 Å². The Bertz CT molecular complexity index is 1140. The summed E-state index contributed by atoms with van der Waals surface area (Å²) in [6.07, 6.45) is 0.565. The number of aliphatic imine (C=N–C) groups is 1. The summed E-state index contributed by atoms with van der Waals surface area (Å²) in [7, 11) is 0. The maximum Gasteiger partial charge on any atom is 0.248 e. The molecule has 1 amide bonds. The van der Waals surface area contributed by atoms with E-state index < -0.39 is 5.91 Å². The molecule has 0 atom stereocenters. The van der Waals surface area contributed by atoms with Gasteiger partial charge in [-0.15, -0.1) is 11.3 Å². The number of hydrogen-bond acceptors (Lipinski definition) is 5. The molecule has 0 saturated carbocycles. The Morgan fingerprint density at radius 2 is 1.87 bits per heavy atom. The summed E-state index contributed by atoms with van der Waals surface area (Å²) in [5.74, 6) is -0.298. The monoisotopic (exact) mass is 476 g/mol. The van der Waals surface area contributed by atoms with E-state index in [1.165, 1.54) is 11.3 Å². The van der Waals surface area contributed by atoms with Crippen molar-refractivity contribution in [1.82, 2.24) is 0 Å². The molecule has 0 bridgehead atoms. The maximum absolute atomic E-state index is 11.1. The van der Waals surface area contributed by atoms with Crippen molar-refractivity contribution in [2.24, 2.45) is 10.7 Å². The zero-order valence-electron chi connectivity index (χ0n) is 16.0. The molecular weight excluding hydrogens is 459 g/mol. The zero-order chi connectivity index (χ0) is 21.8. The molecule has 0 aliphatic heterocycles. The highest BCUT2D eigenvalue weighted by atomic mass is 35.5. The maximum atomic E-state index is 11.1. The van der Waals surface area contributed by atoms with E-state index in [0.29, 0.717) is 44.7 Å². The van der Waals surface area contributed by atoms with Crippen LogP contribution in [0.15, 0.2) is 52.8 Å². The fourth-order valence-electron chi connectivity index (χ4n) is 2.81. The minimum Gasteiger partial charge on any atom is -0.506 e. The SMILES string of the molecule is CC(=NCC(=S)Cc1ccc(C(N)=O)cc1)c1csc(-c2ccc(Cl)c(Cl)c2)c1O. The number of thiophene rings is 1. The van der Waals surface area contributed by atoms with Crippen LogP contribution >= 0.6 is 46.8 Å². The van der Waals surface area contributed by atoms with Crippen molar-refractivity contribution in [3.05, 3.63) is 74.6 Å². The van der Waals surface area contributed by atoms with Gasteiger partial charge in [0.2, 0.25) is 5.91 Å². The Kier molecular flexibility index (Phi) is 7.26. The van der Waals surface area contributed by atoms with Gasteiger partial charge in [-0.25, -0.2) is 0 Å². The van der Waals surface area contributed by atoms with Crippen molar-refractivity contribution >= 4 is 63.2 Å². The molecule has 1 heterocycles. The number of thiocarbonyl (C=S) groups is 1. The van der Waals surface area contributed by atoms with Crippen molar-refractivity contribution < 1.29 is 9.90 Å². The van der Waals surface area contributed by atoms with E-state index in [9.17, 15) is 9.90 Å². The van der Waals surface area contributed by atoms with Gasteiger partial charge in [0.1, 0.15) is 5.75 Å². The molecule has 4 nitrogen and oxygen atoms in total. The number of carbonyl (C=O) groups is 1. The fourth-order valence-corrected chi connectivity index (χ4v) is 4.34. The quantitative estimate of drug-likeness (QED) is 0.326. The lowest BCUT2D eigenvalue weighted by Gasteiger charge is -2.05. The van der Waals surface area contributed by atoms with Gasteiger partial charge in [0, 0.05) is 33.5 Å². The largest absolute Gasteiger partial charge is 0.506 e. The number of benzene rings is 2. The van der Waals surface area contributed by atoms with Gasteiger partial charge in [0.15, 0.2) is 0 Å². The first kappa shape index (κ1) is 22.4. The molecule has 0 radical (unpaired) electrons. The Hall–Kier alpha value is -2.25. The standard InChI is InChI=1S/C22H18Cl2N2O2S2/c1-12(26-10-16(29)8-13-2-4-14(5-3-13)22(25)28)17-11-30-21(20(17)27)15-6-7-18(23)19(24)9-15/h2-7,9,11,27H,8,10H2,1H3,(H2,25,28). The third-order valence-corrected chi connectivity index (χ3v) is 6.50. The highest BCUT2D eigenvalue weighted by Crippen LogP contribution is 2.40. The second-order valence-electron chi connectivity index (χ2n) is 6.63. The van der Waals surface area contributed by atoms with Crippen molar-refractivity contribution in [2.45, 2.75) is 13.3 Å². The molecule has 154 valence electrons. The van der Waals surface area contributed by atoms with E-state index in [4.69, 9.17) is 41.2 Å². The van der Waals surface area contributed by atoms with Gasteiger partial charge in [-0.3, -0.25) is 9.79 Å². The van der Waals surface area contributed by atoms with Crippen molar-refractivity contribution in [2.75, 3.05) is 6.54 Å².